The van der Waals surface area contributed by atoms with Crippen molar-refractivity contribution in [1.82, 2.24) is 4.98 Å². The number of carbonyl (C=O) groups is 1. The van der Waals surface area contributed by atoms with Crippen molar-refractivity contribution in [3.63, 3.8) is 0 Å². The van der Waals surface area contributed by atoms with Gasteiger partial charge in [0.25, 0.3) is 0 Å². The number of hydrogen-bond donors (Lipinski definition) is 1. The number of benzene rings is 2. The SMILES string of the molecule is CCC(=O)Nc1ccc2nc(SCc3ccccc3F)sc2c1. The molecule has 118 valence electrons. The number of thiazole rings is 1. The minimum atomic E-state index is -0.189. The average Bonchev–Trinajstić information content (AvgIpc) is 2.96. The third-order valence-corrected chi connectivity index (χ3v) is 5.49. The monoisotopic (exact) mass is 346 g/mol. The number of nitrogens with one attached hydrogen (secondary N) is 1. The van der Waals surface area contributed by atoms with Gasteiger partial charge < -0.3 is 5.32 Å². The molecule has 0 aliphatic carbocycles. The van der Waals surface area contributed by atoms with Crippen molar-refractivity contribution in [2.75, 3.05) is 5.32 Å². The lowest BCUT2D eigenvalue weighted by molar-refractivity contribution is -0.115. The summed E-state index contributed by atoms with van der Waals surface area (Å²) in [6.45, 7) is 1.82. The fourth-order valence-electron chi connectivity index (χ4n) is 2.05. The molecule has 1 aromatic heterocycles. The molecule has 0 aliphatic rings. The molecule has 23 heavy (non-hydrogen) atoms. The first-order chi connectivity index (χ1) is 11.2. The maximum Gasteiger partial charge on any atom is 0.224 e. The molecule has 6 heteroatoms. The van der Waals surface area contributed by atoms with Gasteiger partial charge in [-0.1, -0.05) is 36.9 Å². The van der Waals surface area contributed by atoms with Crippen molar-refractivity contribution in [3.8, 4) is 0 Å². The van der Waals surface area contributed by atoms with E-state index in [1.54, 1.807) is 23.5 Å². The minimum Gasteiger partial charge on any atom is -0.326 e. The second-order valence-corrected chi connectivity index (χ2v) is 7.20. The molecule has 1 heterocycles. The predicted molar refractivity (Wildman–Crippen MR) is 94.5 cm³/mol. The molecule has 0 unspecified atom stereocenters. The molecule has 0 radical (unpaired) electrons. The van der Waals surface area contributed by atoms with Gasteiger partial charge in [-0.25, -0.2) is 9.37 Å². The molecule has 3 nitrogen and oxygen atoms in total. The van der Waals surface area contributed by atoms with Crippen LogP contribution in [-0.2, 0) is 10.5 Å². The number of thioether (sulfide) groups is 1. The van der Waals surface area contributed by atoms with Gasteiger partial charge in [0, 0.05) is 17.9 Å². The number of rotatable bonds is 5. The second kappa shape index (κ2) is 7.10. The molecule has 0 bridgehead atoms. The van der Waals surface area contributed by atoms with Gasteiger partial charge in [-0.2, -0.15) is 0 Å². The molecule has 3 rings (SSSR count). The van der Waals surface area contributed by atoms with E-state index in [2.05, 4.69) is 10.3 Å². The van der Waals surface area contributed by atoms with Crippen LogP contribution < -0.4 is 5.32 Å². The van der Waals surface area contributed by atoms with E-state index >= 15 is 0 Å². The zero-order valence-electron chi connectivity index (χ0n) is 12.5. The van der Waals surface area contributed by atoms with Crippen LogP contribution in [0.15, 0.2) is 46.8 Å². The molecule has 3 aromatic rings. The lowest BCUT2D eigenvalue weighted by atomic mass is 10.2. The zero-order chi connectivity index (χ0) is 16.2. The molecule has 0 saturated carbocycles. The molecule has 0 saturated heterocycles. The highest BCUT2D eigenvalue weighted by Crippen LogP contribution is 2.33. The first kappa shape index (κ1) is 16.0. The summed E-state index contributed by atoms with van der Waals surface area (Å²) in [7, 11) is 0. The average molecular weight is 346 g/mol. The van der Waals surface area contributed by atoms with Crippen molar-refractivity contribution < 1.29 is 9.18 Å². The van der Waals surface area contributed by atoms with Gasteiger partial charge in [0.2, 0.25) is 5.91 Å². The number of nitrogens with zero attached hydrogens (tertiary/aromatic N) is 1. The smallest absolute Gasteiger partial charge is 0.224 e. The van der Waals surface area contributed by atoms with Crippen LogP contribution >= 0.6 is 23.1 Å². The molecule has 0 spiro atoms. The summed E-state index contributed by atoms with van der Waals surface area (Å²) in [6.07, 6.45) is 0.449. The Balaban J connectivity index is 1.75. The molecule has 0 fully saturated rings. The van der Waals surface area contributed by atoms with E-state index in [9.17, 15) is 9.18 Å². The van der Waals surface area contributed by atoms with E-state index < -0.39 is 0 Å². The third kappa shape index (κ3) is 3.89. The van der Waals surface area contributed by atoms with Crippen LogP contribution in [0.25, 0.3) is 10.2 Å². The summed E-state index contributed by atoms with van der Waals surface area (Å²) in [4.78, 5) is 16.0. The van der Waals surface area contributed by atoms with Gasteiger partial charge >= 0.3 is 0 Å². The van der Waals surface area contributed by atoms with Crippen molar-refractivity contribution in [2.45, 2.75) is 23.4 Å². The quantitative estimate of drug-likeness (QED) is 0.655. The molecular formula is C17H15FN2OS2. The van der Waals surface area contributed by atoms with Gasteiger partial charge in [0.1, 0.15) is 5.82 Å². The summed E-state index contributed by atoms with van der Waals surface area (Å²) >= 11 is 3.07. The highest BCUT2D eigenvalue weighted by molar-refractivity contribution is 8.00. The summed E-state index contributed by atoms with van der Waals surface area (Å²) in [5.74, 6) is 0.347. The van der Waals surface area contributed by atoms with E-state index in [0.717, 1.165) is 20.2 Å². The van der Waals surface area contributed by atoms with Gasteiger partial charge in [0.15, 0.2) is 4.34 Å². The van der Waals surface area contributed by atoms with Crippen molar-refractivity contribution in [1.29, 1.82) is 0 Å². The van der Waals surface area contributed by atoms with E-state index in [4.69, 9.17) is 0 Å². The number of fused-ring (bicyclic) bond motifs is 1. The fourth-order valence-corrected chi connectivity index (χ4v) is 4.14. The fraction of sp³-hybridized carbons (Fsp3) is 0.176. The van der Waals surface area contributed by atoms with Crippen LogP contribution in [0.1, 0.15) is 18.9 Å². The van der Waals surface area contributed by atoms with Gasteiger partial charge in [-0.3, -0.25) is 4.79 Å². The first-order valence-corrected chi connectivity index (χ1v) is 9.02. The molecule has 1 N–H and O–H groups in total. The summed E-state index contributed by atoms with van der Waals surface area (Å²) in [6, 6.07) is 12.4. The first-order valence-electron chi connectivity index (χ1n) is 7.22. The Labute approximate surface area is 141 Å². The van der Waals surface area contributed by atoms with Gasteiger partial charge in [-0.15, -0.1) is 11.3 Å². The highest BCUT2D eigenvalue weighted by atomic mass is 32.2. The van der Waals surface area contributed by atoms with Crippen molar-refractivity contribution in [3.05, 3.63) is 53.8 Å². The largest absolute Gasteiger partial charge is 0.326 e. The Bertz CT molecular complexity index is 847. The number of halogens is 1. The lowest BCUT2D eigenvalue weighted by Crippen LogP contribution is -2.08. The normalized spacial score (nSPS) is 10.9. The van der Waals surface area contributed by atoms with E-state index in [1.165, 1.54) is 17.8 Å². The number of amides is 1. The van der Waals surface area contributed by atoms with Crippen LogP contribution in [0.4, 0.5) is 10.1 Å². The number of hydrogen-bond acceptors (Lipinski definition) is 4. The molecule has 0 atom stereocenters. The van der Waals surface area contributed by atoms with Crippen molar-refractivity contribution >= 4 is 44.9 Å². The predicted octanol–water partition coefficient (Wildman–Crippen LogP) is 5.08. The van der Waals surface area contributed by atoms with E-state index in [-0.39, 0.29) is 11.7 Å². The molecule has 0 aliphatic heterocycles. The lowest BCUT2D eigenvalue weighted by Gasteiger charge is -2.02. The highest BCUT2D eigenvalue weighted by Gasteiger charge is 2.08. The van der Waals surface area contributed by atoms with Gasteiger partial charge in [-0.05, 0) is 29.8 Å². The van der Waals surface area contributed by atoms with Crippen molar-refractivity contribution in [2.24, 2.45) is 0 Å². The zero-order valence-corrected chi connectivity index (χ0v) is 14.1. The van der Waals surface area contributed by atoms with E-state index in [1.807, 2.05) is 31.2 Å². The number of anilines is 1. The molecular weight excluding hydrogens is 331 g/mol. The Kier molecular flexibility index (Phi) is 4.93. The maximum atomic E-state index is 13.6. The summed E-state index contributed by atoms with van der Waals surface area (Å²) in [5.41, 5.74) is 2.34. The number of carbonyl (C=O) groups excluding carboxylic acids is 1. The second-order valence-electron chi connectivity index (χ2n) is 4.94. The third-order valence-electron chi connectivity index (χ3n) is 3.28. The van der Waals surface area contributed by atoms with Gasteiger partial charge in [0.05, 0.1) is 10.2 Å². The topological polar surface area (TPSA) is 42.0 Å². The Hall–Kier alpha value is -1.92. The van der Waals surface area contributed by atoms with Crippen LogP contribution in [0.3, 0.4) is 0 Å². The van der Waals surface area contributed by atoms with Crippen LogP contribution in [0.5, 0.6) is 0 Å². The summed E-state index contributed by atoms with van der Waals surface area (Å²) < 4.78 is 15.5. The Morgan fingerprint density at radius 3 is 2.91 bits per heavy atom. The molecule has 1 amide bonds. The standard InChI is InChI=1S/C17H15FN2OS2/c1-2-16(21)19-12-7-8-14-15(9-12)23-17(20-14)22-10-11-5-3-4-6-13(11)18/h3-9H,2,10H2,1H3,(H,19,21). The van der Waals surface area contributed by atoms with Crippen LogP contribution in [0, 0.1) is 5.82 Å². The summed E-state index contributed by atoms with van der Waals surface area (Å²) in [5, 5.41) is 2.84. The minimum absolute atomic E-state index is 0.0111. The van der Waals surface area contributed by atoms with E-state index in [0.29, 0.717) is 17.7 Å². The number of aromatic nitrogens is 1. The molecule has 2 aromatic carbocycles. The van der Waals surface area contributed by atoms with Crippen LogP contribution in [0.2, 0.25) is 0 Å². The maximum absolute atomic E-state index is 13.6. The Morgan fingerprint density at radius 1 is 1.30 bits per heavy atom. The Morgan fingerprint density at radius 2 is 2.13 bits per heavy atom. The van der Waals surface area contributed by atoms with Crippen LogP contribution in [-0.4, -0.2) is 10.9 Å².